The molecule has 2 nitrogen and oxygen atoms in total. The van der Waals surface area contributed by atoms with Crippen molar-refractivity contribution < 1.29 is 13.2 Å². The molecule has 0 spiro atoms. The second-order valence-corrected chi connectivity index (χ2v) is 5.87. The number of halogens is 3. The highest BCUT2D eigenvalue weighted by molar-refractivity contribution is 7.08. The highest BCUT2D eigenvalue weighted by Gasteiger charge is 2.31. The minimum absolute atomic E-state index is 0.0831. The topological polar surface area (TPSA) is 15.3 Å². The summed E-state index contributed by atoms with van der Waals surface area (Å²) in [6, 6.07) is 1.95. The molecule has 1 aliphatic heterocycles. The Balaban J connectivity index is 1.96. The first-order valence-electron chi connectivity index (χ1n) is 6.55. The van der Waals surface area contributed by atoms with Crippen LogP contribution in [0, 0.1) is 5.92 Å². The van der Waals surface area contributed by atoms with Crippen molar-refractivity contribution in [1.29, 1.82) is 0 Å². The van der Waals surface area contributed by atoms with E-state index in [1.807, 2.05) is 11.4 Å². The quantitative estimate of drug-likeness (QED) is 0.913. The van der Waals surface area contributed by atoms with E-state index in [1.54, 1.807) is 11.3 Å². The molecule has 108 valence electrons. The fourth-order valence-corrected chi connectivity index (χ4v) is 3.22. The smallest absolute Gasteiger partial charge is 0.369 e. The molecule has 0 radical (unpaired) electrons. The van der Waals surface area contributed by atoms with Gasteiger partial charge in [-0.3, -0.25) is 0 Å². The average Bonchev–Trinajstić information content (AvgIpc) is 2.89. The summed E-state index contributed by atoms with van der Waals surface area (Å²) in [7, 11) is 0. The van der Waals surface area contributed by atoms with Gasteiger partial charge >= 0.3 is 6.18 Å². The number of rotatable bonds is 4. The van der Waals surface area contributed by atoms with Crippen LogP contribution >= 0.6 is 11.3 Å². The molecule has 0 bridgehead atoms. The lowest BCUT2D eigenvalue weighted by molar-refractivity contribution is -0.126. The van der Waals surface area contributed by atoms with Crippen LogP contribution in [0.15, 0.2) is 16.8 Å². The molecule has 1 aromatic rings. The zero-order chi connectivity index (χ0) is 13.9. The molecule has 1 aromatic heterocycles. The summed E-state index contributed by atoms with van der Waals surface area (Å²) in [5.74, 6) is 0.458. The Morgan fingerprint density at radius 3 is 2.79 bits per heavy atom. The first kappa shape index (κ1) is 14.7. The lowest BCUT2D eigenvalue weighted by Gasteiger charge is -2.39. The summed E-state index contributed by atoms with van der Waals surface area (Å²) < 4.78 is 36.9. The number of nitrogens with one attached hydrogen (secondary N) is 1. The summed E-state index contributed by atoms with van der Waals surface area (Å²) in [6.07, 6.45) is -2.30. The Bertz CT molecular complexity index is 378. The Morgan fingerprint density at radius 2 is 2.21 bits per heavy atom. The van der Waals surface area contributed by atoms with Crippen LogP contribution in [0.4, 0.5) is 18.9 Å². The molecule has 0 aromatic carbocycles. The van der Waals surface area contributed by atoms with E-state index in [9.17, 15) is 13.2 Å². The molecule has 1 fully saturated rings. The van der Waals surface area contributed by atoms with E-state index < -0.39 is 12.7 Å². The van der Waals surface area contributed by atoms with Gasteiger partial charge in [0.2, 0.25) is 0 Å². The zero-order valence-electron chi connectivity index (χ0n) is 10.9. The maximum atomic E-state index is 12.3. The first-order valence-corrected chi connectivity index (χ1v) is 7.49. The summed E-state index contributed by atoms with van der Waals surface area (Å²) >= 11 is 1.62. The molecule has 6 heteroatoms. The Morgan fingerprint density at radius 1 is 1.42 bits per heavy atom. The largest absolute Gasteiger partial charge is 0.401 e. The predicted octanol–water partition coefficient (Wildman–Crippen LogP) is 3.50. The van der Waals surface area contributed by atoms with Gasteiger partial charge in [0, 0.05) is 30.2 Å². The molecule has 1 N–H and O–H groups in total. The second-order valence-electron chi connectivity index (χ2n) is 5.09. The molecule has 1 aliphatic rings. The van der Waals surface area contributed by atoms with E-state index >= 15 is 0 Å². The number of alkyl halides is 3. The van der Waals surface area contributed by atoms with Gasteiger partial charge in [0.25, 0.3) is 0 Å². The third-order valence-electron chi connectivity index (χ3n) is 3.58. The monoisotopic (exact) mass is 292 g/mol. The van der Waals surface area contributed by atoms with Gasteiger partial charge in [0.05, 0.1) is 6.54 Å². The Kier molecular flexibility index (Phi) is 4.73. The number of thiophene rings is 1. The highest BCUT2D eigenvalue weighted by atomic mass is 32.1. The molecular weight excluding hydrogens is 273 g/mol. The summed E-state index contributed by atoms with van der Waals surface area (Å²) in [6.45, 7) is 2.80. The lowest BCUT2D eigenvalue weighted by atomic mass is 9.92. The maximum absolute atomic E-state index is 12.3. The maximum Gasteiger partial charge on any atom is 0.401 e. The average molecular weight is 292 g/mol. The minimum atomic E-state index is -4.13. The van der Waals surface area contributed by atoms with E-state index in [0.29, 0.717) is 12.5 Å². The number of piperidine rings is 1. The number of nitrogens with zero attached hydrogens (tertiary/aromatic N) is 1. The number of anilines is 1. The SMILES string of the molecule is CCC1CC(NCC(F)(F)F)CN(c2ccsc2)C1. The van der Waals surface area contributed by atoms with Crippen LogP contribution in [-0.4, -0.2) is 31.9 Å². The van der Waals surface area contributed by atoms with Gasteiger partial charge in [-0.1, -0.05) is 13.3 Å². The molecule has 0 aliphatic carbocycles. The summed E-state index contributed by atoms with van der Waals surface area (Å²) in [4.78, 5) is 2.20. The van der Waals surface area contributed by atoms with Crippen LogP contribution < -0.4 is 10.2 Å². The number of hydrogen-bond donors (Lipinski definition) is 1. The third kappa shape index (κ3) is 4.38. The van der Waals surface area contributed by atoms with E-state index in [0.717, 1.165) is 25.1 Å². The van der Waals surface area contributed by atoms with Crippen LogP contribution in [0.25, 0.3) is 0 Å². The van der Waals surface area contributed by atoms with Crippen molar-refractivity contribution in [3.05, 3.63) is 16.8 Å². The molecule has 2 atom stereocenters. The van der Waals surface area contributed by atoms with Crippen molar-refractivity contribution in [3.63, 3.8) is 0 Å². The van der Waals surface area contributed by atoms with Gasteiger partial charge in [0.1, 0.15) is 0 Å². The van der Waals surface area contributed by atoms with Crippen molar-refractivity contribution in [2.24, 2.45) is 5.92 Å². The van der Waals surface area contributed by atoms with Crippen LogP contribution in [0.2, 0.25) is 0 Å². The minimum Gasteiger partial charge on any atom is -0.369 e. The normalized spacial score (nSPS) is 24.7. The van der Waals surface area contributed by atoms with E-state index in [1.165, 1.54) is 0 Å². The highest BCUT2D eigenvalue weighted by Crippen LogP contribution is 2.27. The molecule has 2 rings (SSSR count). The summed E-state index contributed by atoms with van der Waals surface area (Å²) in [5.41, 5.74) is 1.13. The fourth-order valence-electron chi connectivity index (χ4n) is 2.56. The lowest BCUT2D eigenvalue weighted by Crippen LogP contribution is -2.51. The molecule has 1 saturated heterocycles. The van der Waals surface area contributed by atoms with Gasteiger partial charge in [-0.15, -0.1) is 0 Å². The van der Waals surface area contributed by atoms with Crippen molar-refractivity contribution in [2.75, 3.05) is 24.5 Å². The van der Waals surface area contributed by atoms with Crippen molar-refractivity contribution in [1.82, 2.24) is 5.32 Å². The second kappa shape index (κ2) is 6.13. The van der Waals surface area contributed by atoms with Gasteiger partial charge in [0.15, 0.2) is 0 Å². The molecule has 0 amide bonds. The zero-order valence-corrected chi connectivity index (χ0v) is 11.7. The van der Waals surface area contributed by atoms with Crippen molar-refractivity contribution in [3.8, 4) is 0 Å². The van der Waals surface area contributed by atoms with Crippen molar-refractivity contribution in [2.45, 2.75) is 32.0 Å². The number of hydrogen-bond acceptors (Lipinski definition) is 3. The molecule has 2 unspecified atom stereocenters. The van der Waals surface area contributed by atoms with Crippen LogP contribution in [0.5, 0.6) is 0 Å². The van der Waals surface area contributed by atoms with E-state index in [-0.39, 0.29) is 6.04 Å². The Labute approximate surface area is 115 Å². The molecular formula is C13H19F3N2S. The summed E-state index contributed by atoms with van der Waals surface area (Å²) in [5, 5.41) is 6.71. The van der Waals surface area contributed by atoms with Gasteiger partial charge < -0.3 is 10.2 Å². The predicted molar refractivity (Wildman–Crippen MR) is 72.8 cm³/mol. The third-order valence-corrected chi connectivity index (χ3v) is 4.25. The molecule has 2 heterocycles. The van der Waals surface area contributed by atoms with Crippen LogP contribution in [-0.2, 0) is 0 Å². The standard InChI is InChI=1S/C13H19F3N2S/c1-2-10-5-11(17-9-13(14,15)16)7-18(6-10)12-3-4-19-8-12/h3-4,8,10-11,17H,2,5-7,9H2,1H3. The van der Waals surface area contributed by atoms with Crippen molar-refractivity contribution >= 4 is 17.0 Å². The molecule has 0 saturated carbocycles. The Hall–Kier alpha value is -0.750. The van der Waals surface area contributed by atoms with E-state index in [2.05, 4.69) is 22.5 Å². The van der Waals surface area contributed by atoms with Crippen LogP contribution in [0.3, 0.4) is 0 Å². The van der Waals surface area contributed by atoms with Gasteiger partial charge in [-0.05, 0) is 23.8 Å². The fraction of sp³-hybridized carbons (Fsp3) is 0.692. The van der Waals surface area contributed by atoms with Crippen LogP contribution in [0.1, 0.15) is 19.8 Å². The van der Waals surface area contributed by atoms with Gasteiger partial charge in [-0.2, -0.15) is 24.5 Å². The van der Waals surface area contributed by atoms with Gasteiger partial charge in [-0.25, -0.2) is 0 Å². The molecule has 19 heavy (non-hydrogen) atoms. The first-order chi connectivity index (χ1) is 8.98. The van der Waals surface area contributed by atoms with E-state index in [4.69, 9.17) is 0 Å².